The summed E-state index contributed by atoms with van der Waals surface area (Å²) < 4.78 is 2.16. The first-order valence-electron chi connectivity index (χ1n) is 7.13. The van der Waals surface area contributed by atoms with Crippen LogP contribution in [0.25, 0.3) is 10.9 Å². The molecule has 0 spiro atoms. The van der Waals surface area contributed by atoms with E-state index < -0.39 is 0 Å². The topological polar surface area (TPSA) is 34.0 Å². The number of halogens is 1. The Labute approximate surface area is 134 Å². The molecule has 3 rings (SSSR count). The molecule has 3 nitrogen and oxygen atoms in total. The molecule has 22 heavy (non-hydrogen) atoms. The molecule has 1 N–H and O–H groups in total. The van der Waals surface area contributed by atoms with E-state index in [0.29, 0.717) is 17.1 Å². The zero-order valence-corrected chi connectivity index (χ0v) is 13.3. The van der Waals surface area contributed by atoms with Crippen molar-refractivity contribution in [3.63, 3.8) is 0 Å². The van der Waals surface area contributed by atoms with Crippen LogP contribution < -0.4 is 5.32 Å². The number of hydrogen-bond acceptors (Lipinski definition) is 1. The second-order valence-electron chi connectivity index (χ2n) is 5.43. The van der Waals surface area contributed by atoms with Crippen molar-refractivity contribution in [2.45, 2.75) is 13.5 Å². The number of aryl methyl sites for hydroxylation is 2. The van der Waals surface area contributed by atoms with Crippen molar-refractivity contribution < 1.29 is 4.79 Å². The summed E-state index contributed by atoms with van der Waals surface area (Å²) in [7, 11) is 2.06. The van der Waals surface area contributed by atoms with Crippen LogP contribution in [0.5, 0.6) is 0 Å². The molecule has 0 aliphatic rings. The number of benzene rings is 2. The average Bonchev–Trinajstić information content (AvgIpc) is 2.80. The summed E-state index contributed by atoms with van der Waals surface area (Å²) in [5.41, 5.74) is 4.11. The van der Waals surface area contributed by atoms with Crippen LogP contribution in [0.1, 0.15) is 21.6 Å². The van der Waals surface area contributed by atoms with Gasteiger partial charge < -0.3 is 9.88 Å². The molecule has 0 bridgehead atoms. The standard InChI is InChI=1S/C18H17ClN2O/c1-12-9-15-10-13(3-8-17(15)21(12)2)11-20-18(22)14-4-6-16(19)7-5-14/h3-10H,11H2,1-2H3,(H,20,22). The van der Waals surface area contributed by atoms with Gasteiger partial charge in [0.1, 0.15) is 0 Å². The predicted octanol–water partition coefficient (Wildman–Crippen LogP) is 4.07. The van der Waals surface area contributed by atoms with E-state index in [1.165, 1.54) is 16.6 Å². The van der Waals surface area contributed by atoms with Gasteiger partial charge in [0, 0.05) is 40.8 Å². The molecule has 0 atom stereocenters. The Hall–Kier alpha value is -2.26. The first-order valence-corrected chi connectivity index (χ1v) is 7.51. The monoisotopic (exact) mass is 312 g/mol. The van der Waals surface area contributed by atoms with E-state index in [1.807, 2.05) is 6.07 Å². The van der Waals surface area contributed by atoms with Gasteiger partial charge in [0.15, 0.2) is 0 Å². The highest BCUT2D eigenvalue weighted by Gasteiger charge is 2.07. The molecule has 1 aromatic heterocycles. The zero-order chi connectivity index (χ0) is 15.7. The van der Waals surface area contributed by atoms with E-state index in [0.717, 1.165) is 5.56 Å². The van der Waals surface area contributed by atoms with Crippen molar-refractivity contribution in [2.75, 3.05) is 0 Å². The Bertz CT molecular complexity index is 834. The lowest BCUT2D eigenvalue weighted by molar-refractivity contribution is 0.0951. The van der Waals surface area contributed by atoms with Crippen LogP contribution in [0.2, 0.25) is 5.02 Å². The van der Waals surface area contributed by atoms with Crippen LogP contribution in [0, 0.1) is 6.92 Å². The van der Waals surface area contributed by atoms with Crippen molar-refractivity contribution in [1.29, 1.82) is 0 Å². The first kappa shape index (κ1) is 14.7. The third-order valence-electron chi connectivity index (χ3n) is 3.91. The van der Waals surface area contributed by atoms with Crippen molar-refractivity contribution in [1.82, 2.24) is 9.88 Å². The Balaban J connectivity index is 1.73. The molecule has 0 saturated heterocycles. The molecule has 0 aliphatic heterocycles. The van der Waals surface area contributed by atoms with Gasteiger partial charge in [-0.15, -0.1) is 0 Å². The fourth-order valence-electron chi connectivity index (χ4n) is 2.53. The minimum absolute atomic E-state index is 0.0963. The fourth-order valence-corrected chi connectivity index (χ4v) is 2.66. The van der Waals surface area contributed by atoms with Crippen LogP contribution in [0.4, 0.5) is 0 Å². The Kier molecular flexibility index (Phi) is 3.90. The number of nitrogens with zero attached hydrogens (tertiary/aromatic N) is 1. The fraction of sp³-hybridized carbons (Fsp3) is 0.167. The summed E-state index contributed by atoms with van der Waals surface area (Å²) in [4.78, 5) is 12.1. The van der Waals surface area contributed by atoms with Gasteiger partial charge in [0.2, 0.25) is 0 Å². The minimum atomic E-state index is -0.0963. The number of rotatable bonds is 3. The number of carbonyl (C=O) groups is 1. The molecule has 112 valence electrons. The van der Waals surface area contributed by atoms with Gasteiger partial charge in [-0.2, -0.15) is 0 Å². The lowest BCUT2D eigenvalue weighted by Gasteiger charge is -2.06. The largest absolute Gasteiger partial charge is 0.348 e. The normalized spacial score (nSPS) is 10.9. The van der Waals surface area contributed by atoms with E-state index in [2.05, 4.69) is 42.1 Å². The molecule has 0 aliphatic carbocycles. The lowest BCUT2D eigenvalue weighted by Crippen LogP contribution is -2.22. The predicted molar refractivity (Wildman–Crippen MR) is 90.3 cm³/mol. The van der Waals surface area contributed by atoms with E-state index in [1.54, 1.807) is 24.3 Å². The second-order valence-corrected chi connectivity index (χ2v) is 5.86. The van der Waals surface area contributed by atoms with Crippen molar-refractivity contribution >= 4 is 28.4 Å². The SMILES string of the molecule is Cc1cc2cc(CNC(=O)c3ccc(Cl)cc3)ccc2n1C. The van der Waals surface area contributed by atoms with Crippen LogP contribution in [-0.2, 0) is 13.6 Å². The molecule has 4 heteroatoms. The Morgan fingerprint density at radius 1 is 1.14 bits per heavy atom. The molecule has 1 amide bonds. The maximum Gasteiger partial charge on any atom is 0.251 e. The van der Waals surface area contributed by atoms with Gasteiger partial charge in [-0.25, -0.2) is 0 Å². The van der Waals surface area contributed by atoms with Crippen LogP contribution >= 0.6 is 11.6 Å². The Morgan fingerprint density at radius 3 is 2.59 bits per heavy atom. The van der Waals surface area contributed by atoms with Gasteiger partial charge in [-0.3, -0.25) is 4.79 Å². The van der Waals surface area contributed by atoms with Gasteiger partial charge in [-0.05, 0) is 55.0 Å². The maximum atomic E-state index is 12.1. The zero-order valence-electron chi connectivity index (χ0n) is 12.6. The molecule has 0 unspecified atom stereocenters. The number of fused-ring (bicyclic) bond motifs is 1. The van der Waals surface area contributed by atoms with Crippen molar-refractivity contribution in [3.8, 4) is 0 Å². The van der Waals surface area contributed by atoms with E-state index in [9.17, 15) is 4.79 Å². The van der Waals surface area contributed by atoms with Crippen molar-refractivity contribution in [3.05, 3.63) is 70.4 Å². The highest BCUT2D eigenvalue weighted by Crippen LogP contribution is 2.19. The maximum absolute atomic E-state index is 12.1. The average molecular weight is 313 g/mol. The van der Waals surface area contributed by atoms with Gasteiger partial charge >= 0.3 is 0 Å². The highest BCUT2D eigenvalue weighted by molar-refractivity contribution is 6.30. The van der Waals surface area contributed by atoms with E-state index >= 15 is 0 Å². The first-order chi connectivity index (χ1) is 10.5. The van der Waals surface area contributed by atoms with Crippen molar-refractivity contribution in [2.24, 2.45) is 7.05 Å². The van der Waals surface area contributed by atoms with Gasteiger partial charge in [0.25, 0.3) is 5.91 Å². The second kappa shape index (κ2) is 5.85. The number of aromatic nitrogens is 1. The molecule has 0 radical (unpaired) electrons. The summed E-state index contributed by atoms with van der Waals surface area (Å²) in [6, 6.07) is 15.3. The van der Waals surface area contributed by atoms with Crippen LogP contribution in [0.3, 0.4) is 0 Å². The number of amides is 1. The molecule has 0 saturated carbocycles. The summed E-state index contributed by atoms with van der Waals surface area (Å²) >= 11 is 5.83. The van der Waals surface area contributed by atoms with Crippen LogP contribution in [-0.4, -0.2) is 10.5 Å². The summed E-state index contributed by atoms with van der Waals surface area (Å²) in [5, 5.41) is 4.75. The van der Waals surface area contributed by atoms with Gasteiger partial charge in [-0.1, -0.05) is 17.7 Å². The Morgan fingerprint density at radius 2 is 1.86 bits per heavy atom. The summed E-state index contributed by atoms with van der Waals surface area (Å²) in [6.07, 6.45) is 0. The highest BCUT2D eigenvalue weighted by atomic mass is 35.5. The molecule has 1 heterocycles. The number of hydrogen-bond donors (Lipinski definition) is 1. The minimum Gasteiger partial charge on any atom is -0.348 e. The molecule has 0 fully saturated rings. The summed E-state index contributed by atoms with van der Waals surface area (Å²) in [6.45, 7) is 2.59. The lowest BCUT2D eigenvalue weighted by atomic mass is 10.1. The smallest absolute Gasteiger partial charge is 0.251 e. The number of carbonyl (C=O) groups excluding carboxylic acids is 1. The third-order valence-corrected chi connectivity index (χ3v) is 4.16. The van der Waals surface area contributed by atoms with E-state index in [4.69, 9.17) is 11.6 Å². The number of nitrogens with one attached hydrogen (secondary N) is 1. The molecular formula is C18H17ClN2O. The third kappa shape index (κ3) is 2.85. The van der Waals surface area contributed by atoms with Gasteiger partial charge in [0.05, 0.1) is 0 Å². The van der Waals surface area contributed by atoms with Crippen LogP contribution in [0.15, 0.2) is 48.5 Å². The quantitative estimate of drug-likeness (QED) is 0.777. The molecular weight excluding hydrogens is 296 g/mol. The van der Waals surface area contributed by atoms with E-state index in [-0.39, 0.29) is 5.91 Å². The summed E-state index contributed by atoms with van der Waals surface area (Å²) in [5.74, 6) is -0.0963. The molecule has 2 aromatic carbocycles. The molecule has 3 aromatic rings.